The molecule has 0 aliphatic heterocycles. The van der Waals surface area contributed by atoms with Crippen molar-refractivity contribution in [3.63, 3.8) is 0 Å². The summed E-state index contributed by atoms with van der Waals surface area (Å²) in [6, 6.07) is 22.4. The van der Waals surface area contributed by atoms with Gasteiger partial charge < -0.3 is 4.98 Å². The maximum atomic E-state index is 12.7. The minimum Gasteiger partial charge on any atom is -0.342 e. The SMILES string of the molecule is Cc1ccccc1S(=O)(=O)Nc1cccc(CCc2nc3ccccc3[nH]2)c1. The molecule has 4 rings (SSSR count). The van der Waals surface area contributed by atoms with E-state index >= 15 is 0 Å². The Bertz CT molecular complexity index is 1200. The number of aryl methyl sites for hydroxylation is 3. The fourth-order valence-electron chi connectivity index (χ4n) is 3.25. The highest BCUT2D eigenvalue weighted by molar-refractivity contribution is 7.92. The third-order valence-electron chi connectivity index (χ3n) is 4.65. The predicted octanol–water partition coefficient (Wildman–Crippen LogP) is 4.46. The third kappa shape index (κ3) is 3.92. The van der Waals surface area contributed by atoms with E-state index in [1.165, 1.54) is 0 Å². The summed E-state index contributed by atoms with van der Waals surface area (Å²) in [6.07, 6.45) is 1.52. The van der Waals surface area contributed by atoms with E-state index in [0.717, 1.165) is 40.8 Å². The Morgan fingerprint density at radius 3 is 2.54 bits per heavy atom. The van der Waals surface area contributed by atoms with Gasteiger partial charge in [0.05, 0.1) is 15.9 Å². The summed E-state index contributed by atoms with van der Waals surface area (Å²) in [6.45, 7) is 1.79. The largest absolute Gasteiger partial charge is 0.342 e. The van der Waals surface area contributed by atoms with E-state index in [4.69, 9.17) is 0 Å². The highest BCUT2D eigenvalue weighted by Crippen LogP contribution is 2.20. The van der Waals surface area contributed by atoms with Gasteiger partial charge >= 0.3 is 0 Å². The molecule has 28 heavy (non-hydrogen) atoms. The molecule has 0 bridgehead atoms. The topological polar surface area (TPSA) is 74.8 Å². The zero-order valence-electron chi connectivity index (χ0n) is 15.5. The van der Waals surface area contributed by atoms with E-state index in [9.17, 15) is 8.42 Å². The quantitative estimate of drug-likeness (QED) is 0.510. The smallest absolute Gasteiger partial charge is 0.262 e. The Kier molecular flexibility index (Phi) is 4.88. The van der Waals surface area contributed by atoms with Gasteiger partial charge in [0.2, 0.25) is 0 Å². The van der Waals surface area contributed by atoms with E-state index < -0.39 is 10.0 Å². The van der Waals surface area contributed by atoms with Crippen LogP contribution in [0.15, 0.2) is 77.7 Å². The lowest BCUT2D eigenvalue weighted by Gasteiger charge is -2.11. The van der Waals surface area contributed by atoms with Gasteiger partial charge in [-0.05, 0) is 54.8 Å². The van der Waals surface area contributed by atoms with Gasteiger partial charge in [0.15, 0.2) is 0 Å². The zero-order valence-corrected chi connectivity index (χ0v) is 16.3. The molecule has 0 atom stereocenters. The van der Waals surface area contributed by atoms with E-state index in [0.29, 0.717) is 10.6 Å². The standard InChI is InChI=1S/C22H21N3O2S/c1-16-7-2-5-12-21(16)28(26,27)25-18-9-6-8-17(15-18)13-14-22-23-19-10-3-4-11-20(19)24-22/h2-12,15,25H,13-14H2,1H3,(H,23,24). The molecule has 0 fully saturated rings. The summed E-state index contributed by atoms with van der Waals surface area (Å²) >= 11 is 0. The first kappa shape index (κ1) is 18.3. The van der Waals surface area contributed by atoms with E-state index in [1.54, 1.807) is 31.2 Å². The van der Waals surface area contributed by atoms with Gasteiger partial charge in [-0.1, -0.05) is 42.5 Å². The fraction of sp³-hybridized carbons (Fsp3) is 0.136. The second kappa shape index (κ2) is 7.48. The zero-order chi connectivity index (χ0) is 19.6. The number of aromatic nitrogens is 2. The molecule has 0 saturated heterocycles. The van der Waals surface area contributed by atoms with Crippen LogP contribution >= 0.6 is 0 Å². The number of aromatic amines is 1. The van der Waals surface area contributed by atoms with Crippen molar-refractivity contribution in [2.24, 2.45) is 0 Å². The van der Waals surface area contributed by atoms with Crippen LogP contribution in [0.25, 0.3) is 11.0 Å². The molecule has 3 aromatic carbocycles. The van der Waals surface area contributed by atoms with Gasteiger partial charge in [-0.15, -0.1) is 0 Å². The molecule has 0 saturated carbocycles. The molecule has 0 aliphatic carbocycles. The van der Waals surface area contributed by atoms with Crippen molar-refractivity contribution in [1.29, 1.82) is 0 Å². The van der Waals surface area contributed by atoms with Gasteiger partial charge in [-0.3, -0.25) is 4.72 Å². The first-order valence-corrected chi connectivity index (χ1v) is 10.6. The van der Waals surface area contributed by atoms with Crippen molar-refractivity contribution in [3.8, 4) is 0 Å². The molecule has 2 N–H and O–H groups in total. The van der Waals surface area contributed by atoms with Gasteiger partial charge in [0.1, 0.15) is 5.82 Å². The number of fused-ring (bicyclic) bond motifs is 1. The Labute approximate surface area is 164 Å². The second-order valence-electron chi connectivity index (χ2n) is 6.77. The van der Waals surface area contributed by atoms with Crippen LogP contribution in [-0.4, -0.2) is 18.4 Å². The minimum absolute atomic E-state index is 0.294. The summed E-state index contributed by atoms with van der Waals surface area (Å²) in [4.78, 5) is 8.21. The molecule has 6 heteroatoms. The number of rotatable bonds is 6. The van der Waals surface area contributed by atoms with Crippen molar-refractivity contribution in [3.05, 3.63) is 89.7 Å². The summed E-state index contributed by atoms with van der Waals surface area (Å²) < 4.78 is 28.1. The van der Waals surface area contributed by atoms with Gasteiger partial charge in [-0.25, -0.2) is 13.4 Å². The number of imidazole rings is 1. The molecule has 1 aromatic heterocycles. The molecule has 0 aliphatic rings. The van der Waals surface area contributed by atoms with Crippen molar-refractivity contribution in [2.45, 2.75) is 24.7 Å². The number of benzene rings is 3. The van der Waals surface area contributed by atoms with Crippen LogP contribution in [0.4, 0.5) is 5.69 Å². The number of hydrogen-bond donors (Lipinski definition) is 2. The monoisotopic (exact) mass is 391 g/mol. The van der Waals surface area contributed by atoms with Crippen LogP contribution in [0.3, 0.4) is 0 Å². The van der Waals surface area contributed by atoms with Crippen molar-refractivity contribution in [2.75, 3.05) is 4.72 Å². The maximum absolute atomic E-state index is 12.7. The number of para-hydroxylation sites is 2. The summed E-state index contributed by atoms with van der Waals surface area (Å²) in [5, 5.41) is 0. The minimum atomic E-state index is -3.61. The molecule has 0 radical (unpaired) electrons. The summed E-state index contributed by atoms with van der Waals surface area (Å²) in [5.74, 6) is 0.923. The molecule has 0 unspecified atom stereocenters. The highest BCUT2D eigenvalue weighted by Gasteiger charge is 2.16. The number of anilines is 1. The molecule has 1 heterocycles. The predicted molar refractivity (Wildman–Crippen MR) is 112 cm³/mol. The second-order valence-corrected chi connectivity index (χ2v) is 8.42. The first-order chi connectivity index (χ1) is 13.5. The maximum Gasteiger partial charge on any atom is 0.262 e. The van der Waals surface area contributed by atoms with E-state index in [1.807, 2.05) is 48.5 Å². The number of sulfonamides is 1. The normalized spacial score (nSPS) is 11.6. The average Bonchev–Trinajstić information content (AvgIpc) is 3.09. The highest BCUT2D eigenvalue weighted by atomic mass is 32.2. The lowest BCUT2D eigenvalue weighted by atomic mass is 10.1. The molecular formula is C22H21N3O2S. The van der Waals surface area contributed by atoms with Gasteiger partial charge in [-0.2, -0.15) is 0 Å². The van der Waals surface area contributed by atoms with Crippen LogP contribution in [0.5, 0.6) is 0 Å². The van der Waals surface area contributed by atoms with Crippen LogP contribution < -0.4 is 4.72 Å². The molecule has 4 aromatic rings. The Balaban J connectivity index is 1.49. The van der Waals surface area contributed by atoms with Crippen LogP contribution in [0.1, 0.15) is 17.0 Å². The number of hydrogen-bond acceptors (Lipinski definition) is 3. The van der Waals surface area contributed by atoms with E-state index in [2.05, 4.69) is 14.7 Å². The number of nitrogens with one attached hydrogen (secondary N) is 2. The van der Waals surface area contributed by atoms with Gasteiger partial charge in [0, 0.05) is 12.1 Å². The molecule has 0 amide bonds. The molecule has 0 spiro atoms. The number of nitrogens with zero attached hydrogens (tertiary/aromatic N) is 1. The Morgan fingerprint density at radius 2 is 1.71 bits per heavy atom. The van der Waals surface area contributed by atoms with Gasteiger partial charge in [0.25, 0.3) is 10.0 Å². The van der Waals surface area contributed by atoms with Crippen LogP contribution in [-0.2, 0) is 22.9 Å². The third-order valence-corrected chi connectivity index (χ3v) is 6.19. The van der Waals surface area contributed by atoms with Crippen LogP contribution in [0, 0.1) is 6.92 Å². The lowest BCUT2D eigenvalue weighted by molar-refractivity contribution is 0.600. The fourth-order valence-corrected chi connectivity index (χ4v) is 4.54. The molecule has 5 nitrogen and oxygen atoms in total. The Morgan fingerprint density at radius 1 is 0.929 bits per heavy atom. The average molecular weight is 391 g/mol. The van der Waals surface area contributed by atoms with Crippen LogP contribution in [0.2, 0.25) is 0 Å². The molecular weight excluding hydrogens is 370 g/mol. The first-order valence-electron chi connectivity index (χ1n) is 9.12. The summed E-state index contributed by atoms with van der Waals surface area (Å²) in [5.41, 5.74) is 4.31. The lowest BCUT2D eigenvalue weighted by Crippen LogP contribution is -2.14. The van der Waals surface area contributed by atoms with Crippen molar-refractivity contribution >= 4 is 26.7 Å². The number of H-pyrrole nitrogens is 1. The Hall–Kier alpha value is -3.12. The summed E-state index contributed by atoms with van der Waals surface area (Å²) in [7, 11) is -3.61. The van der Waals surface area contributed by atoms with E-state index in [-0.39, 0.29) is 0 Å². The molecule has 142 valence electrons. The van der Waals surface area contributed by atoms with Crippen molar-refractivity contribution in [1.82, 2.24) is 9.97 Å². The van der Waals surface area contributed by atoms with Crippen molar-refractivity contribution < 1.29 is 8.42 Å².